The Bertz CT molecular complexity index is 1320. The van der Waals surface area contributed by atoms with Gasteiger partial charge in [0.05, 0.1) is 34.2 Å². The van der Waals surface area contributed by atoms with E-state index in [1.54, 1.807) is 24.3 Å². The fourth-order valence-corrected chi connectivity index (χ4v) is 3.36. The fourth-order valence-electron chi connectivity index (χ4n) is 3.36. The van der Waals surface area contributed by atoms with Crippen molar-refractivity contribution in [2.75, 3.05) is 13.7 Å². The number of H-pyrrole nitrogens is 1. The van der Waals surface area contributed by atoms with Crippen molar-refractivity contribution in [2.45, 2.75) is 13.0 Å². The number of aromatic nitrogens is 2. The fraction of sp³-hybridized carbons (Fsp3) is 0.190. The van der Waals surface area contributed by atoms with Crippen LogP contribution in [0.2, 0.25) is 0 Å². The normalized spacial score (nSPS) is 13.0. The minimum absolute atomic E-state index is 0.0264. The molecule has 0 aliphatic carbocycles. The first-order valence-corrected chi connectivity index (χ1v) is 9.24. The molecule has 0 radical (unpaired) electrons. The van der Waals surface area contributed by atoms with E-state index in [4.69, 9.17) is 4.74 Å². The van der Waals surface area contributed by atoms with E-state index in [-0.39, 0.29) is 36.3 Å². The molecule has 9 nitrogen and oxygen atoms in total. The number of nitrogens with zero attached hydrogens (tertiary/aromatic N) is 2. The van der Waals surface area contributed by atoms with E-state index in [2.05, 4.69) is 4.98 Å². The lowest BCUT2D eigenvalue weighted by molar-refractivity contribution is 0.0495. The minimum Gasteiger partial charge on any atom is -0.462 e. The monoisotopic (exact) mass is 407 g/mol. The van der Waals surface area contributed by atoms with Crippen LogP contribution in [-0.2, 0) is 11.3 Å². The lowest BCUT2D eigenvalue weighted by Gasteiger charge is -2.08. The molecular weight excluding hydrogens is 390 g/mol. The van der Waals surface area contributed by atoms with Gasteiger partial charge in [0.15, 0.2) is 0 Å². The summed E-state index contributed by atoms with van der Waals surface area (Å²) in [7, 11) is 1.37. The summed E-state index contributed by atoms with van der Waals surface area (Å²) in [4.78, 5) is 64.4. The molecule has 9 heteroatoms. The second-order valence-corrected chi connectivity index (χ2v) is 6.85. The van der Waals surface area contributed by atoms with Crippen LogP contribution in [0.4, 0.5) is 0 Å². The summed E-state index contributed by atoms with van der Waals surface area (Å²) in [5.74, 6) is -1.55. The zero-order valence-corrected chi connectivity index (χ0v) is 16.0. The lowest BCUT2D eigenvalue weighted by Crippen LogP contribution is -2.35. The number of para-hydroxylation sites is 1. The molecule has 0 saturated heterocycles. The summed E-state index contributed by atoms with van der Waals surface area (Å²) < 4.78 is 6.25. The third-order valence-corrected chi connectivity index (χ3v) is 4.97. The molecule has 152 valence electrons. The van der Waals surface area contributed by atoms with Crippen LogP contribution in [0.3, 0.4) is 0 Å². The first-order chi connectivity index (χ1) is 14.4. The quantitative estimate of drug-likeness (QED) is 0.385. The molecule has 30 heavy (non-hydrogen) atoms. The third-order valence-electron chi connectivity index (χ3n) is 4.97. The topological polar surface area (TPSA) is 119 Å². The Morgan fingerprint density at radius 3 is 2.53 bits per heavy atom. The number of nitrogens with one attached hydrogen (secondary N) is 1. The van der Waals surface area contributed by atoms with Crippen molar-refractivity contribution in [1.29, 1.82) is 0 Å². The van der Waals surface area contributed by atoms with Crippen molar-refractivity contribution < 1.29 is 19.1 Å². The van der Waals surface area contributed by atoms with E-state index >= 15 is 0 Å². The Morgan fingerprint density at radius 1 is 1.00 bits per heavy atom. The maximum atomic E-state index is 12.5. The van der Waals surface area contributed by atoms with Crippen LogP contribution in [-0.4, -0.2) is 45.9 Å². The van der Waals surface area contributed by atoms with Gasteiger partial charge in [0, 0.05) is 13.6 Å². The highest BCUT2D eigenvalue weighted by Crippen LogP contribution is 2.23. The Kier molecular flexibility index (Phi) is 4.78. The zero-order valence-electron chi connectivity index (χ0n) is 16.0. The number of hydrogen-bond donors (Lipinski definition) is 1. The largest absolute Gasteiger partial charge is 0.462 e. The number of aromatic amines is 1. The van der Waals surface area contributed by atoms with Crippen LogP contribution in [0.15, 0.2) is 52.1 Å². The summed E-state index contributed by atoms with van der Waals surface area (Å²) in [5.41, 5.74) is 0.0686. The number of carbonyl (C=O) groups is 3. The third kappa shape index (κ3) is 3.20. The predicted octanol–water partition coefficient (Wildman–Crippen LogP) is 1.16. The van der Waals surface area contributed by atoms with Crippen LogP contribution in [0, 0.1) is 0 Å². The van der Waals surface area contributed by atoms with Crippen molar-refractivity contribution in [3.05, 3.63) is 80.0 Å². The SMILES string of the molecule is CN1C(=O)c2ccc(C(=O)OCCCn3c(=O)[nH]c4ccccc4c3=O)cc2C1=O. The molecule has 0 fully saturated rings. The van der Waals surface area contributed by atoms with Gasteiger partial charge in [0.25, 0.3) is 17.4 Å². The van der Waals surface area contributed by atoms with Gasteiger partial charge < -0.3 is 9.72 Å². The van der Waals surface area contributed by atoms with Gasteiger partial charge in [-0.25, -0.2) is 9.59 Å². The van der Waals surface area contributed by atoms with Crippen molar-refractivity contribution in [1.82, 2.24) is 14.5 Å². The van der Waals surface area contributed by atoms with Crippen molar-refractivity contribution in [3.8, 4) is 0 Å². The van der Waals surface area contributed by atoms with Gasteiger partial charge >= 0.3 is 11.7 Å². The first-order valence-electron chi connectivity index (χ1n) is 9.24. The van der Waals surface area contributed by atoms with Gasteiger partial charge in [-0.3, -0.25) is 23.9 Å². The van der Waals surface area contributed by atoms with Crippen LogP contribution in [0.25, 0.3) is 10.9 Å². The number of imide groups is 1. The lowest BCUT2D eigenvalue weighted by atomic mass is 10.1. The number of esters is 1. The van der Waals surface area contributed by atoms with Gasteiger partial charge in [-0.1, -0.05) is 12.1 Å². The van der Waals surface area contributed by atoms with Gasteiger partial charge in [-0.2, -0.15) is 0 Å². The minimum atomic E-state index is -0.660. The molecule has 1 aliphatic rings. The van der Waals surface area contributed by atoms with E-state index in [9.17, 15) is 24.0 Å². The molecule has 0 bridgehead atoms. The highest BCUT2D eigenvalue weighted by molar-refractivity contribution is 6.21. The molecule has 1 N–H and O–H groups in total. The highest BCUT2D eigenvalue weighted by atomic mass is 16.5. The summed E-state index contributed by atoms with van der Waals surface area (Å²) in [6.45, 7) is 0.0512. The molecule has 0 atom stereocenters. The summed E-state index contributed by atoms with van der Waals surface area (Å²) in [6.07, 6.45) is 0.248. The Labute approximate surface area is 169 Å². The average Bonchev–Trinajstić information content (AvgIpc) is 2.96. The molecule has 0 saturated carbocycles. The molecule has 2 heterocycles. The van der Waals surface area contributed by atoms with E-state index in [1.165, 1.54) is 25.2 Å². The molecule has 1 aliphatic heterocycles. The highest BCUT2D eigenvalue weighted by Gasteiger charge is 2.33. The van der Waals surface area contributed by atoms with Gasteiger partial charge in [0.1, 0.15) is 0 Å². The van der Waals surface area contributed by atoms with Crippen LogP contribution >= 0.6 is 0 Å². The van der Waals surface area contributed by atoms with Crippen molar-refractivity contribution in [3.63, 3.8) is 0 Å². The molecule has 4 rings (SSSR count). The van der Waals surface area contributed by atoms with Gasteiger partial charge in [-0.15, -0.1) is 0 Å². The Hall–Kier alpha value is -4.01. The Balaban J connectivity index is 1.41. The number of rotatable bonds is 5. The first kappa shape index (κ1) is 19.3. The van der Waals surface area contributed by atoms with E-state index in [0.717, 1.165) is 9.47 Å². The number of ether oxygens (including phenoxy) is 1. The molecular formula is C21H17N3O6. The predicted molar refractivity (Wildman–Crippen MR) is 107 cm³/mol. The van der Waals surface area contributed by atoms with Crippen LogP contribution in [0.5, 0.6) is 0 Å². The van der Waals surface area contributed by atoms with Crippen LogP contribution < -0.4 is 11.2 Å². The number of carbonyl (C=O) groups excluding carboxylic acids is 3. The average molecular weight is 407 g/mol. The number of hydrogen-bond acceptors (Lipinski definition) is 6. The number of amides is 2. The standard InChI is InChI=1S/C21H17N3O6/c1-23-17(25)13-8-7-12(11-15(13)18(23)26)20(28)30-10-4-9-24-19(27)14-5-2-3-6-16(14)22-21(24)29/h2-3,5-8,11H,4,9-10H2,1H3,(H,22,29). The second-order valence-electron chi connectivity index (χ2n) is 6.85. The van der Waals surface area contributed by atoms with Gasteiger partial charge in [0.2, 0.25) is 0 Å². The van der Waals surface area contributed by atoms with Crippen LogP contribution in [0.1, 0.15) is 37.5 Å². The molecule has 3 aromatic rings. The van der Waals surface area contributed by atoms with E-state index in [0.29, 0.717) is 10.9 Å². The molecule has 2 amide bonds. The summed E-state index contributed by atoms with van der Waals surface area (Å²) in [6, 6.07) is 10.9. The second kappa shape index (κ2) is 7.43. The Morgan fingerprint density at radius 2 is 1.73 bits per heavy atom. The van der Waals surface area contributed by atoms with Gasteiger partial charge in [-0.05, 0) is 36.8 Å². The summed E-state index contributed by atoms with van der Waals surface area (Å²) in [5, 5.41) is 0.399. The van der Waals surface area contributed by atoms with E-state index in [1.807, 2.05) is 0 Å². The number of fused-ring (bicyclic) bond motifs is 2. The molecule has 0 spiro atoms. The van der Waals surface area contributed by atoms with Crippen molar-refractivity contribution >= 4 is 28.7 Å². The maximum absolute atomic E-state index is 12.5. The smallest absolute Gasteiger partial charge is 0.338 e. The zero-order chi connectivity index (χ0) is 21.4. The molecule has 0 unspecified atom stereocenters. The van der Waals surface area contributed by atoms with E-state index < -0.39 is 29.0 Å². The van der Waals surface area contributed by atoms with Crippen molar-refractivity contribution in [2.24, 2.45) is 0 Å². The number of benzene rings is 2. The maximum Gasteiger partial charge on any atom is 0.338 e. The summed E-state index contributed by atoms with van der Waals surface area (Å²) >= 11 is 0. The molecule has 2 aromatic carbocycles. The molecule has 1 aromatic heterocycles.